The Balaban J connectivity index is 2.11. The first-order valence-corrected chi connectivity index (χ1v) is 8.30. The molecular weight excluding hydrogens is 260 g/mol. The minimum Gasteiger partial charge on any atom is -0.382 e. The molecule has 1 aromatic carbocycles. The first-order valence-electron chi connectivity index (χ1n) is 6.81. The highest BCUT2D eigenvalue weighted by Gasteiger charge is 2.19. The van der Waals surface area contributed by atoms with Gasteiger partial charge in [-0.3, -0.25) is 0 Å². The fourth-order valence-electron chi connectivity index (χ4n) is 2.67. The predicted octanol–water partition coefficient (Wildman–Crippen LogP) is 2.59. The van der Waals surface area contributed by atoms with Crippen LogP contribution in [0.4, 0.5) is 5.69 Å². The quantitative estimate of drug-likeness (QED) is 0.892. The molecule has 0 saturated heterocycles. The molecule has 1 aliphatic rings. The SMILES string of the molecule is CNS(=O)(=O)c1cccc(NC2CCCC(C)C2)c1. The summed E-state index contributed by atoms with van der Waals surface area (Å²) in [6, 6.07) is 7.47. The van der Waals surface area contributed by atoms with Crippen LogP contribution in [0.1, 0.15) is 32.6 Å². The molecule has 1 aromatic rings. The van der Waals surface area contributed by atoms with Crippen LogP contribution < -0.4 is 10.0 Å². The average molecular weight is 282 g/mol. The Kier molecular flexibility index (Phi) is 4.47. The molecule has 1 fully saturated rings. The lowest BCUT2D eigenvalue weighted by Crippen LogP contribution is -2.26. The van der Waals surface area contributed by atoms with E-state index in [1.165, 1.54) is 19.9 Å². The lowest BCUT2D eigenvalue weighted by atomic mass is 9.87. The predicted molar refractivity (Wildman–Crippen MR) is 77.7 cm³/mol. The van der Waals surface area contributed by atoms with Gasteiger partial charge in [0.2, 0.25) is 10.0 Å². The topological polar surface area (TPSA) is 58.2 Å². The first kappa shape index (κ1) is 14.3. The van der Waals surface area contributed by atoms with Crippen molar-refractivity contribution in [3.8, 4) is 0 Å². The van der Waals surface area contributed by atoms with Crippen molar-refractivity contribution >= 4 is 15.7 Å². The lowest BCUT2D eigenvalue weighted by molar-refractivity contribution is 0.358. The molecule has 0 aromatic heterocycles. The summed E-state index contributed by atoms with van der Waals surface area (Å²) in [4.78, 5) is 0.309. The van der Waals surface area contributed by atoms with Crippen LogP contribution in [0.5, 0.6) is 0 Å². The molecule has 2 N–H and O–H groups in total. The van der Waals surface area contributed by atoms with Gasteiger partial charge in [-0.15, -0.1) is 0 Å². The van der Waals surface area contributed by atoms with Crippen molar-refractivity contribution in [2.45, 2.75) is 43.5 Å². The molecule has 0 heterocycles. The number of hydrogen-bond acceptors (Lipinski definition) is 3. The molecule has 2 atom stereocenters. The number of nitrogens with one attached hydrogen (secondary N) is 2. The molecule has 2 rings (SSSR count). The van der Waals surface area contributed by atoms with Gasteiger partial charge >= 0.3 is 0 Å². The summed E-state index contributed by atoms with van der Waals surface area (Å²) < 4.78 is 25.9. The Morgan fingerprint density at radius 1 is 1.26 bits per heavy atom. The van der Waals surface area contributed by atoms with E-state index in [4.69, 9.17) is 0 Å². The van der Waals surface area contributed by atoms with Crippen molar-refractivity contribution < 1.29 is 8.42 Å². The summed E-state index contributed by atoms with van der Waals surface area (Å²) in [6.45, 7) is 2.27. The van der Waals surface area contributed by atoms with E-state index in [0.717, 1.165) is 24.4 Å². The van der Waals surface area contributed by atoms with Crippen LogP contribution in [0, 0.1) is 5.92 Å². The van der Waals surface area contributed by atoms with Crippen molar-refractivity contribution in [1.82, 2.24) is 4.72 Å². The molecule has 0 aliphatic heterocycles. The second-order valence-electron chi connectivity index (χ2n) is 5.35. The number of sulfonamides is 1. The number of rotatable bonds is 4. The van der Waals surface area contributed by atoms with Gasteiger partial charge in [-0.2, -0.15) is 0 Å². The van der Waals surface area contributed by atoms with Crippen LogP contribution >= 0.6 is 0 Å². The van der Waals surface area contributed by atoms with Crippen molar-refractivity contribution in [3.05, 3.63) is 24.3 Å². The van der Waals surface area contributed by atoms with Crippen molar-refractivity contribution in [2.75, 3.05) is 12.4 Å². The molecule has 0 spiro atoms. The molecule has 1 aliphatic carbocycles. The van der Waals surface area contributed by atoms with Crippen molar-refractivity contribution in [1.29, 1.82) is 0 Å². The molecule has 0 bridgehead atoms. The number of anilines is 1. The smallest absolute Gasteiger partial charge is 0.240 e. The van der Waals surface area contributed by atoms with Gasteiger partial charge in [-0.05, 0) is 44.0 Å². The fraction of sp³-hybridized carbons (Fsp3) is 0.571. The normalized spacial score (nSPS) is 24.1. The molecule has 2 unspecified atom stereocenters. The van der Waals surface area contributed by atoms with E-state index in [-0.39, 0.29) is 0 Å². The maximum atomic E-state index is 11.8. The molecule has 4 nitrogen and oxygen atoms in total. The average Bonchev–Trinajstić information content (AvgIpc) is 2.39. The van der Waals surface area contributed by atoms with Gasteiger partial charge in [-0.25, -0.2) is 13.1 Å². The Labute approximate surface area is 115 Å². The summed E-state index contributed by atoms with van der Waals surface area (Å²) in [6.07, 6.45) is 4.86. The third-order valence-electron chi connectivity index (χ3n) is 3.72. The number of hydrogen-bond donors (Lipinski definition) is 2. The van der Waals surface area contributed by atoms with E-state index in [2.05, 4.69) is 17.0 Å². The lowest BCUT2D eigenvalue weighted by Gasteiger charge is -2.28. The maximum Gasteiger partial charge on any atom is 0.240 e. The van der Waals surface area contributed by atoms with Crippen LogP contribution in [0.25, 0.3) is 0 Å². The van der Waals surface area contributed by atoms with Crippen molar-refractivity contribution in [3.63, 3.8) is 0 Å². The number of benzene rings is 1. The summed E-state index contributed by atoms with van der Waals surface area (Å²) in [5, 5.41) is 3.46. The zero-order valence-electron chi connectivity index (χ0n) is 11.5. The fourth-order valence-corrected chi connectivity index (χ4v) is 3.45. The second kappa shape index (κ2) is 5.92. The van der Waals surface area contributed by atoms with Crippen LogP contribution in [0.15, 0.2) is 29.2 Å². The van der Waals surface area contributed by atoms with Crippen LogP contribution in [0.2, 0.25) is 0 Å². The third-order valence-corrected chi connectivity index (χ3v) is 5.13. The van der Waals surface area contributed by atoms with Gasteiger partial charge in [0.1, 0.15) is 0 Å². The van der Waals surface area contributed by atoms with E-state index in [1.54, 1.807) is 18.2 Å². The molecular formula is C14H22N2O2S. The highest BCUT2D eigenvalue weighted by atomic mass is 32.2. The van der Waals surface area contributed by atoms with Gasteiger partial charge in [0, 0.05) is 11.7 Å². The second-order valence-corrected chi connectivity index (χ2v) is 7.23. The van der Waals surface area contributed by atoms with Gasteiger partial charge < -0.3 is 5.32 Å². The maximum absolute atomic E-state index is 11.8. The third kappa shape index (κ3) is 3.70. The first-order chi connectivity index (χ1) is 9.01. The molecule has 106 valence electrons. The van der Waals surface area contributed by atoms with Gasteiger partial charge in [0.05, 0.1) is 4.90 Å². The Hall–Kier alpha value is -1.07. The highest BCUT2D eigenvalue weighted by molar-refractivity contribution is 7.89. The van der Waals surface area contributed by atoms with Crippen LogP contribution in [0.3, 0.4) is 0 Å². The van der Waals surface area contributed by atoms with Crippen LogP contribution in [-0.2, 0) is 10.0 Å². The Morgan fingerprint density at radius 2 is 2.05 bits per heavy atom. The molecule has 0 amide bonds. The summed E-state index contributed by atoms with van der Waals surface area (Å²) in [7, 11) is -1.93. The largest absolute Gasteiger partial charge is 0.382 e. The van der Waals surface area contributed by atoms with Gasteiger partial charge in [-0.1, -0.05) is 25.8 Å². The minimum atomic E-state index is -3.36. The minimum absolute atomic E-state index is 0.309. The van der Waals surface area contributed by atoms with E-state index < -0.39 is 10.0 Å². The van der Waals surface area contributed by atoms with E-state index in [0.29, 0.717) is 10.9 Å². The zero-order valence-corrected chi connectivity index (χ0v) is 12.3. The zero-order chi connectivity index (χ0) is 13.9. The van der Waals surface area contributed by atoms with Crippen LogP contribution in [-0.4, -0.2) is 21.5 Å². The Morgan fingerprint density at radius 3 is 2.74 bits per heavy atom. The van der Waals surface area contributed by atoms with Crippen molar-refractivity contribution in [2.24, 2.45) is 5.92 Å². The van der Waals surface area contributed by atoms with Gasteiger partial charge in [0.25, 0.3) is 0 Å². The highest BCUT2D eigenvalue weighted by Crippen LogP contribution is 2.26. The van der Waals surface area contributed by atoms with E-state index in [9.17, 15) is 8.42 Å². The summed E-state index contributed by atoms with van der Waals surface area (Å²) >= 11 is 0. The monoisotopic (exact) mass is 282 g/mol. The Bertz CT molecular complexity index is 528. The molecule has 0 radical (unpaired) electrons. The molecule has 19 heavy (non-hydrogen) atoms. The van der Waals surface area contributed by atoms with Gasteiger partial charge in [0.15, 0.2) is 0 Å². The standard InChI is InChI=1S/C14H22N2O2S/c1-11-5-3-6-12(9-11)16-13-7-4-8-14(10-13)19(17,18)15-2/h4,7-8,10-12,15-16H,3,5-6,9H2,1-2H3. The van der Waals surface area contributed by atoms with E-state index in [1.807, 2.05) is 6.07 Å². The summed E-state index contributed by atoms with van der Waals surface area (Å²) in [5.74, 6) is 0.746. The summed E-state index contributed by atoms with van der Waals surface area (Å²) in [5.41, 5.74) is 0.885. The molecule has 5 heteroatoms. The van der Waals surface area contributed by atoms with E-state index >= 15 is 0 Å². The molecule has 1 saturated carbocycles.